The summed E-state index contributed by atoms with van der Waals surface area (Å²) in [6, 6.07) is 15.7. The van der Waals surface area contributed by atoms with Crippen LogP contribution in [0.4, 0.5) is 18.9 Å². The minimum atomic E-state index is -1.88. The van der Waals surface area contributed by atoms with E-state index in [1.54, 1.807) is 52.2 Å². The van der Waals surface area contributed by atoms with Crippen LogP contribution in [0.15, 0.2) is 72.9 Å². The number of anilines is 1. The zero-order valence-electron chi connectivity index (χ0n) is 19.0. The van der Waals surface area contributed by atoms with Gasteiger partial charge in [0.2, 0.25) is 5.91 Å². The van der Waals surface area contributed by atoms with Gasteiger partial charge in [-0.3, -0.25) is 9.59 Å². The summed E-state index contributed by atoms with van der Waals surface area (Å²) in [7, 11) is 0. The van der Waals surface area contributed by atoms with Gasteiger partial charge in [-0.15, -0.1) is 0 Å². The van der Waals surface area contributed by atoms with Gasteiger partial charge in [0.1, 0.15) is 11.6 Å². The van der Waals surface area contributed by atoms with Crippen molar-refractivity contribution in [3.8, 4) is 5.69 Å². The highest BCUT2D eigenvalue weighted by atomic mass is 19.1. The number of hydrogen-bond donors (Lipinski definition) is 1. The van der Waals surface area contributed by atoms with E-state index in [0.29, 0.717) is 16.9 Å². The van der Waals surface area contributed by atoms with E-state index in [1.165, 1.54) is 24.3 Å². The molecule has 1 saturated carbocycles. The second-order valence-electron chi connectivity index (χ2n) is 9.29. The van der Waals surface area contributed by atoms with Crippen molar-refractivity contribution < 1.29 is 22.8 Å². The van der Waals surface area contributed by atoms with Gasteiger partial charge in [0.05, 0.1) is 29.5 Å². The number of nitrogens with one attached hydrogen (secondary N) is 1. The summed E-state index contributed by atoms with van der Waals surface area (Å²) in [5.74, 6) is -1.74. The molecule has 2 heterocycles. The Hall–Kier alpha value is -4.14. The first-order chi connectivity index (χ1) is 17.3. The fraction of sp³-hybridized carbons (Fsp3) is 0.222. The molecule has 1 N–H and O–H groups in total. The van der Waals surface area contributed by atoms with Crippen LogP contribution < -0.4 is 10.2 Å². The largest absolute Gasteiger partial charge is 0.348 e. The van der Waals surface area contributed by atoms with Crippen molar-refractivity contribution in [2.45, 2.75) is 37.0 Å². The molecule has 2 amide bonds. The molecule has 1 saturated heterocycles. The van der Waals surface area contributed by atoms with Crippen molar-refractivity contribution >= 4 is 28.4 Å². The van der Waals surface area contributed by atoms with Gasteiger partial charge in [0.15, 0.2) is 5.67 Å². The molecular weight excluding hydrogens is 469 g/mol. The number of rotatable bonds is 5. The fourth-order valence-corrected chi connectivity index (χ4v) is 4.80. The van der Waals surface area contributed by atoms with Crippen LogP contribution in [0.5, 0.6) is 0 Å². The van der Waals surface area contributed by atoms with Crippen molar-refractivity contribution in [2.75, 3.05) is 4.90 Å². The maximum absolute atomic E-state index is 14.4. The van der Waals surface area contributed by atoms with Gasteiger partial charge in [-0.1, -0.05) is 12.1 Å². The van der Waals surface area contributed by atoms with E-state index in [0.717, 1.165) is 10.9 Å². The van der Waals surface area contributed by atoms with Gasteiger partial charge in [0.25, 0.3) is 5.91 Å². The number of nitrogens with zero attached hydrogens (tertiary/aromatic N) is 3. The molecule has 1 aromatic heterocycles. The lowest BCUT2D eigenvalue weighted by molar-refractivity contribution is -0.128. The molecule has 2 fully saturated rings. The van der Waals surface area contributed by atoms with Gasteiger partial charge < -0.3 is 10.2 Å². The lowest BCUT2D eigenvalue weighted by Crippen LogP contribution is -2.44. The normalized spacial score (nSPS) is 20.6. The van der Waals surface area contributed by atoms with Crippen LogP contribution in [0.3, 0.4) is 0 Å². The Morgan fingerprint density at radius 3 is 2.25 bits per heavy atom. The molecule has 0 spiro atoms. The van der Waals surface area contributed by atoms with Gasteiger partial charge >= 0.3 is 0 Å². The highest BCUT2D eigenvalue weighted by Crippen LogP contribution is 2.42. The summed E-state index contributed by atoms with van der Waals surface area (Å²) in [4.78, 5) is 27.3. The minimum absolute atomic E-state index is 0.0171. The van der Waals surface area contributed by atoms with Gasteiger partial charge in [0, 0.05) is 17.5 Å². The molecule has 2 atom stereocenters. The molecule has 6 nitrogen and oxygen atoms in total. The van der Waals surface area contributed by atoms with Crippen LogP contribution in [0.25, 0.3) is 16.6 Å². The van der Waals surface area contributed by atoms with Crippen LogP contribution >= 0.6 is 0 Å². The molecule has 1 aliphatic heterocycles. The van der Waals surface area contributed by atoms with E-state index in [9.17, 15) is 22.8 Å². The van der Waals surface area contributed by atoms with E-state index in [-0.39, 0.29) is 31.0 Å². The van der Waals surface area contributed by atoms with E-state index in [4.69, 9.17) is 0 Å². The predicted molar refractivity (Wildman–Crippen MR) is 127 cm³/mol. The highest BCUT2D eigenvalue weighted by Gasteiger charge is 2.53. The van der Waals surface area contributed by atoms with Crippen LogP contribution in [0, 0.1) is 11.6 Å². The average molecular weight is 490 g/mol. The molecule has 182 valence electrons. The summed E-state index contributed by atoms with van der Waals surface area (Å²) in [6.07, 6.45) is 1.96. The Balaban J connectivity index is 1.38. The summed E-state index contributed by atoms with van der Waals surface area (Å²) < 4.78 is 43.1. The van der Waals surface area contributed by atoms with E-state index >= 15 is 0 Å². The monoisotopic (exact) mass is 490 g/mol. The van der Waals surface area contributed by atoms with Crippen molar-refractivity contribution in [1.82, 2.24) is 15.1 Å². The summed E-state index contributed by atoms with van der Waals surface area (Å²) in [5.41, 5.74) is 0.756. The molecule has 6 rings (SSSR count). The molecule has 9 heteroatoms. The maximum atomic E-state index is 14.4. The number of aromatic nitrogens is 2. The van der Waals surface area contributed by atoms with Crippen LogP contribution in [0.1, 0.15) is 30.9 Å². The topological polar surface area (TPSA) is 67.2 Å². The molecule has 2 aliphatic rings. The first-order valence-electron chi connectivity index (χ1n) is 11.6. The van der Waals surface area contributed by atoms with Crippen LogP contribution in [-0.2, 0) is 9.59 Å². The van der Waals surface area contributed by atoms with Gasteiger partial charge in [-0.05, 0) is 73.0 Å². The number of fused-ring (bicyclic) bond motifs is 1. The molecule has 3 aromatic carbocycles. The molecule has 1 aliphatic carbocycles. The molecule has 0 bridgehead atoms. The Bertz CT molecular complexity index is 1480. The molecule has 1 unspecified atom stereocenters. The zero-order chi connectivity index (χ0) is 25.0. The Kier molecular flexibility index (Phi) is 5.10. The summed E-state index contributed by atoms with van der Waals surface area (Å²) in [6.45, 7) is 0. The molecule has 36 heavy (non-hydrogen) atoms. The summed E-state index contributed by atoms with van der Waals surface area (Å²) >= 11 is 0. The number of alkyl halides is 1. The Morgan fingerprint density at radius 2 is 1.58 bits per heavy atom. The first kappa shape index (κ1) is 22.3. The lowest BCUT2D eigenvalue weighted by atomic mass is 9.99. The van der Waals surface area contributed by atoms with Crippen molar-refractivity contribution in [3.63, 3.8) is 0 Å². The smallest absolute Gasteiger partial charge is 0.257 e. The third-order valence-corrected chi connectivity index (χ3v) is 6.85. The van der Waals surface area contributed by atoms with E-state index in [1.807, 2.05) is 6.07 Å². The second-order valence-corrected chi connectivity index (χ2v) is 9.29. The standard InChI is InChI=1S/C27H21F3N4O2/c28-18-3-1-16(2-4-18)25-22(32-26(36)27(30)11-12-27)14-24(35)33(25)21-9-10-23-17(13-21)15-31-34(23)20-7-5-19(29)6-8-20/h1-10,13,15,22,25H,11-12,14H2,(H,32,36)/t22?,25-/m1/s1. The average Bonchev–Trinajstić information content (AvgIpc) is 3.35. The van der Waals surface area contributed by atoms with Gasteiger partial charge in [-0.25, -0.2) is 17.9 Å². The van der Waals surface area contributed by atoms with Crippen LogP contribution in [-0.4, -0.2) is 33.3 Å². The maximum Gasteiger partial charge on any atom is 0.257 e. The number of benzene rings is 3. The SMILES string of the molecule is O=C1CC(NC(=O)C2(F)CC2)[C@@H](c2ccc(F)cc2)N1c1ccc2c(cnn2-c2ccc(F)cc2)c1. The lowest BCUT2D eigenvalue weighted by Gasteiger charge is -2.29. The Labute approximate surface area is 204 Å². The minimum Gasteiger partial charge on any atom is -0.348 e. The second kappa shape index (κ2) is 8.22. The Morgan fingerprint density at radius 1 is 0.944 bits per heavy atom. The predicted octanol–water partition coefficient (Wildman–Crippen LogP) is 4.77. The van der Waals surface area contributed by atoms with Gasteiger partial charge in [-0.2, -0.15) is 5.10 Å². The number of carbonyl (C=O) groups excluding carboxylic acids is 2. The third-order valence-electron chi connectivity index (χ3n) is 6.85. The molecular formula is C27H21F3N4O2. The fourth-order valence-electron chi connectivity index (χ4n) is 4.80. The summed E-state index contributed by atoms with van der Waals surface area (Å²) in [5, 5.41) is 7.88. The van der Waals surface area contributed by atoms with Crippen molar-refractivity contribution in [1.29, 1.82) is 0 Å². The molecule has 4 aromatic rings. The zero-order valence-corrected chi connectivity index (χ0v) is 19.0. The third kappa shape index (κ3) is 3.80. The first-order valence-corrected chi connectivity index (χ1v) is 11.6. The molecule has 0 radical (unpaired) electrons. The number of carbonyl (C=O) groups is 2. The number of halogens is 3. The van der Waals surface area contributed by atoms with Crippen LogP contribution in [0.2, 0.25) is 0 Å². The van der Waals surface area contributed by atoms with E-state index < -0.39 is 29.5 Å². The number of hydrogen-bond acceptors (Lipinski definition) is 3. The number of amides is 2. The van der Waals surface area contributed by atoms with Crippen molar-refractivity contribution in [2.24, 2.45) is 0 Å². The quantitative estimate of drug-likeness (QED) is 0.438. The van der Waals surface area contributed by atoms with Crippen molar-refractivity contribution in [3.05, 3.63) is 90.1 Å². The van der Waals surface area contributed by atoms with E-state index in [2.05, 4.69) is 10.4 Å². The highest BCUT2D eigenvalue weighted by molar-refractivity contribution is 6.00.